The molecule has 2 amide bonds. The van der Waals surface area contributed by atoms with E-state index >= 15 is 0 Å². The summed E-state index contributed by atoms with van der Waals surface area (Å²) in [6.45, 7) is 3.33. The molecule has 0 aromatic heterocycles. The first kappa shape index (κ1) is 19.5. The zero-order chi connectivity index (χ0) is 18.8. The van der Waals surface area contributed by atoms with Crippen LogP contribution in [-0.2, 0) is 4.79 Å². The van der Waals surface area contributed by atoms with Gasteiger partial charge < -0.3 is 20.7 Å². The van der Waals surface area contributed by atoms with E-state index in [-0.39, 0.29) is 11.8 Å². The normalized spacial score (nSPS) is 10.2. The molecular weight excluding hydrogens is 330 g/mol. The summed E-state index contributed by atoms with van der Waals surface area (Å²) in [5.41, 5.74) is 1.89. The van der Waals surface area contributed by atoms with Gasteiger partial charge in [0.05, 0.1) is 6.61 Å². The fraction of sp³-hybridized carbons (Fsp3) is 0.300. The Morgan fingerprint density at radius 3 is 2.15 bits per heavy atom. The Morgan fingerprint density at radius 2 is 1.54 bits per heavy atom. The number of hydrogen-bond donors (Lipinski definition) is 3. The maximum Gasteiger partial charge on any atom is 0.255 e. The molecule has 0 spiro atoms. The second kappa shape index (κ2) is 10.2. The minimum absolute atomic E-state index is 0.0353. The summed E-state index contributed by atoms with van der Waals surface area (Å²) in [4.78, 5) is 24.1. The average molecular weight is 355 g/mol. The zero-order valence-electron chi connectivity index (χ0n) is 15.2. The molecule has 0 unspecified atom stereocenters. The van der Waals surface area contributed by atoms with Crippen molar-refractivity contribution in [2.45, 2.75) is 19.8 Å². The van der Waals surface area contributed by atoms with E-state index in [0.717, 1.165) is 18.7 Å². The van der Waals surface area contributed by atoms with E-state index in [4.69, 9.17) is 4.74 Å². The number of benzene rings is 2. The van der Waals surface area contributed by atoms with Crippen LogP contribution >= 0.6 is 0 Å². The maximum absolute atomic E-state index is 12.3. The lowest BCUT2D eigenvalue weighted by atomic mass is 10.2. The molecular formula is C20H25N3O3. The molecule has 6 heteroatoms. The molecule has 2 rings (SSSR count). The van der Waals surface area contributed by atoms with E-state index in [0.29, 0.717) is 30.0 Å². The predicted molar refractivity (Wildman–Crippen MR) is 104 cm³/mol. The molecule has 0 saturated heterocycles. The second-order valence-electron chi connectivity index (χ2n) is 5.74. The molecule has 0 bridgehead atoms. The lowest BCUT2D eigenvalue weighted by Gasteiger charge is -2.08. The predicted octanol–water partition coefficient (Wildman–Crippen LogP) is 3.28. The highest BCUT2D eigenvalue weighted by Crippen LogP contribution is 2.17. The van der Waals surface area contributed by atoms with Gasteiger partial charge in [0.2, 0.25) is 5.91 Å². The molecule has 0 saturated carbocycles. The minimum Gasteiger partial charge on any atom is -0.494 e. The first-order valence-electron chi connectivity index (χ1n) is 8.71. The summed E-state index contributed by atoms with van der Waals surface area (Å²) in [7, 11) is 1.86. The number of nitrogens with one attached hydrogen (secondary N) is 3. The highest BCUT2D eigenvalue weighted by molar-refractivity contribution is 6.04. The summed E-state index contributed by atoms with van der Waals surface area (Å²) in [6, 6.07) is 14.0. The molecule has 6 nitrogen and oxygen atoms in total. The van der Waals surface area contributed by atoms with Crippen molar-refractivity contribution in [3.8, 4) is 5.75 Å². The lowest BCUT2D eigenvalue weighted by molar-refractivity contribution is -0.116. The maximum atomic E-state index is 12.3. The summed E-state index contributed by atoms with van der Waals surface area (Å²) >= 11 is 0. The van der Waals surface area contributed by atoms with Crippen molar-refractivity contribution in [1.82, 2.24) is 5.32 Å². The number of rotatable bonds is 9. The van der Waals surface area contributed by atoms with E-state index in [2.05, 4.69) is 16.0 Å². The van der Waals surface area contributed by atoms with Crippen molar-refractivity contribution in [1.29, 1.82) is 0 Å². The Hall–Kier alpha value is -2.86. The topological polar surface area (TPSA) is 79.5 Å². The number of amides is 2. The van der Waals surface area contributed by atoms with E-state index in [1.54, 1.807) is 36.4 Å². The van der Waals surface area contributed by atoms with Crippen LogP contribution in [0.4, 0.5) is 11.4 Å². The van der Waals surface area contributed by atoms with Gasteiger partial charge in [0, 0.05) is 23.4 Å². The van der Waals surface area contributed by atoms with Crippen molar-refractivity contribution in [3.63, 3.8) is 0 Å². The van der Waals surface area contributed by atoms with Crippen molar-refractivity contribution < 1.29 is 14.3 Å². The van der Waals surface area contributed by atoms with E-state index in [1.165, 1.54) is 0 Å². The standard InChI is InChI=1S/C20H25N3O3/c1-3-26-18-12-10-17(11-13-18)23-20(25)15-6-8-16(9-7-15)22-19(24)5-4-14-21-2/h6-13,21H,3-5,14H2,1-2H3,(H,22,24)(H,23,25). The zero-order valence-corrected chi connectivity index (χ0v) is 15.2. The summed E-state index contributed by atoms with van der Waals surface area (Å²) < 4.78 is 5.38. The third-order valence-electron chi connectivity index (χ3n) is 3.68. The van der Waals surface area contributed by atoms with Crippen molar-refractivity contribution >= 4 is 23.2 Å². The summed E-state index contributed by atoms with van der Waals surface area (Å²) in [5.74, 6) is 0.521. The number of carbonyl (C=O) groups is 2. The molecule has 0 atom stereocenters. The van der Waals surface area contributed by atoms with Crippen molar-refractivity contribution in [2.75, 3.05) is 30.8 Å². The summed E-state index contributed by atoms with van der Waals surface area (Å²) in [5, 5.41) is 8.66. The van der Waals surface area contributed by atoms with Gasteiger partial charge in [-0.05, 0) is 75.5 Å². The summed E-state index contributed by atoms with van der Waals surface area (Å²) in [6.07, 6.45) is 1.24. The van der Waals surface area contributed by atoms with Crippen LogP contribution in [0.1, 0.15) is 30.1 Å². The Labute approximate surface area is 153 Å². The smallest absolute Gasteiger partial charge is 0.255 e. The van der Waals surface area contributed by atoms with Gasteiger partial charge in [-0.1, -0.05) is 0 Å². The van der Waals surface area contributed by atoms with Gasteiger partial charge in [-0.3, -0.25) is 9.59 Å². The molecule has 0 heterocycles. The molecule has 138 valence electrons. The molecule has 0 radical (unpaired) electrons. The molecule has 3 N–H and O–H groups in total. The van der Waals surface area contributed by atoms with E-state index in [1.807, 2.05) is 26.1 Å². The van der Waals surface area contributed by atoms with Crippen LogP contribution in [-0.4, -0.2) is 32.0 Å². The van der Waals surface area contributed by atoms with Crippen LogP contribution in [0.3, 0.4) is 0 Å². The van der Waals surface area contributed by atoms with Gasteiger partial charge in [0.15, 0.2) is 0 Å². The van der Waals surface area contributed by atoms with Gasteiger partial charge in [-0.15, -0.1) is 0 Å². The van der Waals surface area contributed by atoms with Crippen LogP contribution < -0.4 is 20.7 Å². The molecule has 0 aliphatic rings. The Kier molecular flexibility index (Phi) is 7.64. The monoisotopic (exact) mass is 355 g/mol. The van der Waals surface area contributed by atoms with E-state index < -0.39 is 0 Å². The van der Waals surface area contributed by atoms with Crippen molar-refractivity contribution in [2.24, 2.45) is 0 Å². The third-order valence-corrected chi connectivity index (χ3v) is 3.68. The van der Waals surface area contributed by atoms with Gasteiger partial charge >= 0.3 is 0 Å². The van der Waals surface area contributed by atoms with Crippen LogP contribution in [0, 0.1) is 0 Å². The van der Waals surface area contributed by atoms with Crippen molar-refractivity contribution in [3.05, 3.63) is 54.1 Å². The SMILES string of the molecule is CCOc1ccc(NC(=O)c2ccc(NC(=O)CCCNC)cc2)cc1. The first-order chi connectivity index (χ1) is 12.6. The molecule has 26 heavy (non-hydrogen) atoms. The quantitative estimate of drug-likeness (QED) is 0.603. The first-order valence-corrected chi connectivity index (χ1v) is 8.71. The molecule has 2 aromatic carbocycles. The second-order valence-corrected chi connectivity index (χ2v) is 5.74. The van der Waals surface area contributed by atoms with Crippen LogP contribution in [0.15, 0.2) is 48.5 Å². The lowest BCUT2D eigenvalue weighted by Crippen LogP contribution is -2.15. The number of anilines is 2. The average Bonchev–Trinajstić information content (AvgIpc) is 2.64. The number of carbonyl (C=O) groups excluding carboxylic acids is 2. The fourth-order valence-electron chi connectivity index (χ4n) is 2.36. The molecule has 0 aliphatic carbocycles. The largest absolute Gasteiger partial charge is 0.494 e. The Balaban J connectivity index is 1.88. The van der Waals surface area contributed by atoms with Gasteiger partial charge in [0.1, 0.15) is 5.75 Å². The Bertz CT molecular complexity index is 712. The third kappa shape index (κ3) is 6.22. The molecule has 0 aliphatic heterocycles. The number of ether oxygens (including phenoxy) is 1. The van der Waals surface area contributed by atoms with Gasteiger partial charge in [-0.25, -0.2) is 0 Å². The number of hydrogen-bond acceptors (Lipinski definition) is 4. The van der Waals surface area contributed by atoms with Crippen LogP contribution in [0.5, 0.6) is 5.75 Å². The van der Waals surface area contributed by atoms with E-state index in [9.17, 15) is 9.59 Å². The van der Waals surface area contributed by atoms with Crippen LogP contribution in [0.2, 0.25) is 0 Å². The Morgan fingerprint density at radius 1 is 0.923 bits per heavy atom. The highest BCUT2D eigenvalue weighted by atomic mass is 16.5. The molecule has 0 fully saturated rings. The minimum atomic E-state index is -0.207. The van der Waals surface area contributed by atoms with Crippen LogP contribution in [0.25, 0.3) is 0 Å². The fourth-order valence-corrected chi connectivity index (χ4v) is 2.36. The van der Waals surface area contributed by atoms with Gasteiger partial charge in [0.25, 0.3) is 5.91 Å². The highest BCUT2D eigenvalue weighted by Gasteiger charge is 2.07. The van der Waals surface area contributed by atoms with Gasteiger partial charge in [-0.2, -0.15) is 0 Å². The molecule has 2 aromatic rings.